The first kappa shape index (κ1) is 56.6. The summed E-state index contributed by atoms with van der Waals surface area (Å²) in [5.41, 5.74) is 7.95. The van der Waals surface area contributed by atoms with Gasteiger partial charge in [-0.1, -0.05) is 187 Å². The summed E-state index contributed by atoms with van der Waals surface area (Å²) in [5, 5.41) is 0. The maximum Gasteiger partial charge on any atom is 0.336 e. The molecule has 2 aliphatic rings. The Bertz CT molecular complexity index is 1230. The van der Waals surface area contributed by atoms with E-state index in [1.54, 1.807) is 0 Å². The molecule has 58 heavy (non-hydrogen) atoms. The van der Waals surface area contributed by atoms with Crippen LogP contribution < -0.4 is 5.73 Å². The van der Waals surface area contributed by atoms with Crippen molar-refractivity contribution in [2.24, 2.45) is 22.6 Å². The third kappa shape index (κ3) is 25.4. The van der Waals surface area contributed by atoms with E-state index in [0.29, 0.717) is 36.7 Å². The number of nitrogens with two attached hydrogens (primary N) is 1. The highest BCUT2D eigenvalue weighted by Gasteiger charge is 2.43. The number of esters is 2. The summed E-state index contributed by atoms with van der Waals surface area (Å²) in [6.45, 7) is 9.28. The number of hydrogen-bond acceptors (Lipinski definition) is 7. The molecule has 10 heteroatoms. The number of halogens is 2. The maximum absolute atomic E-state index is 13.8. The third-order valence-electron chi connectivity index (χ3n) is 11.5. The second-order valence-corrected chi connectivity index (χ2v) is 16.7. The number of primary amides is 1. The van der Waals surface area contributed by atoms with Crippen LogP contribution >= 0.6 is 48.0 Å². The molecule has 0 spiro atoms. The molecule has 0 bridgehead atoms. The number of amides is 1. The molecule has 0 saturated carbocycles. The molecule has 0 aromatic rings. The number of allylic oxidation sites excluding steroid dienone is 3. The van der Waals surface area contributed by atoms with Crippen molar-refractivity contribution in [3.05, 3.63) is 35.2 Å². The summed E-state index contributed by atoms with van der Waals surface area (Å²) < 4.78 is 11.8. The van der Waals surface area contributed by atoms with Crippen molar-refractivity contribution < 1.29 is 23.9 Å². The highest BCUT2D eigenvalue weighted by atomic mass is 127. The number of unbranched alkanes of at least 4 members (excludes halogenated alkanes) is 26. The van der Waals surface area contributed by atoms with E-state index in [4.69, 9.17) is 20.2 Å². The molecule has 0 aliphatic carbocycles. The molecule has 2 atom stereocenters. The van der Waals surface area contributed by atoms with Crippen LogP contribution in [0.5, 0.6) is 0 Å². The Hall–Kier alpha value is -1.44. The summed E-state index contributed by atoms with van der Waals surface area (Å²) in [5.74, 6) is -2.59. The lowest BCUT2D eigenvalue weighted by atomic mass is 9.74. The Morgan fingerprint density at radius 1 is 0.638 bits per heavy atom. The summed E-state index contributed by atoms with van der Waals surface area (Å²) >= 11 is 0. The lowest BCUT2D eigenvalue weighted by Crippen LogP contribution is -2.42. The number of carbonyl (C=O) groups is 3. The molecule has 2 rings (SSSR count). The van der Waals surface area contributed by atoms with E-state index < -0.39 is 23.7 Å². The van der Waals surface area contributed by atoms with Crippen LogP contribution in [0.2, 0.25) is 0 Å². The zero-order valence-electron chi connectivity index (χ0n) is 37.3. The zero-order chi connectivity index (χ0) is 40.6. The quantitative estimate of drug-likeness (QED) is 0.0384. The molecule has 336 valence electrons. The Labute approximate surface area is 389 Å². The highest BCUT2D eigenvalue weighted by molar-refractivity contribution is 14.0. The van der Waals surface area contributed by atoms with E-state index in [0.717, 1.165) is 44.1 Å². The van der Waals surface area contributed by atoms with Gasteiger partial charge < -0.3 is 20.1 Å². The second kappa shape index (κ2) is 37.3. The fraction of sp³-hybridized carbons (Fsp3) is 0.792. The van der Waals surface area contributed by atoms with Crippen LogP contribution in [-0.4, -0.2) is 54.8 Å². The number of rotatable bonds is 35. The van der Waals surface area contributed by atoms with Gasteiger partial charge in [0.1, 0.15) is 5.92 Å². The molecule has 2 N–H and O–H groups in total. The fourth-order valence-electron chi connectivity index (χ4n) is 8.25. The van der Waals surface area contributed by atoms with Crippen LogP contribution in [0.15, 0.2) is 40.2 Å². The van der Waals surface area contributed by atoms with E-state index in [1.165, 1.54) is 141 Å². The van der Waals surface area contributed by atoms with Crippen LogP contribution in [-0.2, 0) is 23.9 Å². The van der Waals surface area contributed by atoms with Crippen LogP contribution in [0.25, 0.3) is 0 Å². The van der Waals surface area contributed by atoms with Gasteiger partial charge in [-0.05, 0) is 44.5 Å². The lowest BCUT2D eigenvalue weighted by molar-refractivity contribution is -0.147. The number of carbonyl (C=O) groups excluding carboxylic acids is 3. The minimum atomic E-state index is -0.748. The topological polar surface area (TPSA) is 111 Å². The van der Waals surface area contributed by atoms with Crippen molar-refractivity contribution in [2.75, 3.05) is 26.3 Å². The van der Waals surface area contributed by atoms with Crippen molar-refractivity contribution in [3.63, 3.8) is 0 Å². The zero-order valence-corrected chi connectivity index (χ0v) is 42.0. The van der Waals surface area contributed by atoms with Crippen molar-refractivity contribution >= 4 is 71.5 Å². The number of aliphatic imine (C=N–C) groups is 1. The highest BCUT2D eigenvalue weighted by Crippen LogP contribution is 2.39. The van der Waals surface area contributed by atoms with Gasteiger partial charge in [0.05, 0.1) is 25.3 Å². The SMILES string of the molecule is CCCCCCCCCCCCCCCCOC(=O)C1=C(C)N=C(C)C(C(=O)OCCCCCCCCCCCCCCCC)C1C1=CC=CN(CC(N)=O)C1.I.I. The first-order chi connectivity index (χ1) is 27.3. The van der Waals surface area contributed by atoms with Gasteiger partial charge in [0, 0.05) is 23.9 Å². The van der Waals surface area contributed by atoms with Crippen molar-refractivity contribution in [3.8, 4) is 0 Å². The smallest absolute Gasteiger partial charge is 0.336 e. The lowest BCUT2D eigenvalue weighted by Gasteiger charge is -2.35. The van der Waals surface area contributed by atoms with Crippen LogP contribution in [0.3, 0.4) is 0 Å². The number of ether oxygens (including phenoxy) is 2. The van der Waals surface area contributed by atoms with Crippen molar-refractivity contribution in [1.29, 1.82) is 0 Å². The predicted octanol–water partition coefficient (Wildman–Crippen LogP) is 13.5. The number of hydrogen-bond donors (Lipinski definition) is 1. The normalized spacial score (nSPS) is 16.3. The molecule has 0 radical (unpaired) electrons. The molecule has 8 nitrogen and oxygen atoms in total. The van der Waals surface area contributed by atoms with Gasteiger partial charge in [-0.25, -0.2) is 4.79 Å². The average Bonchev–Trinajstić information content (AvgIpc) is 3.17. The van der Waals surface area contributed by atoms with E-state index in [-0.39, 0.29) is 60.5 Å². The van der Waals surface area contributed by atoms with Gasteiger partial charge in [-0.3, -0.25) is 14.6 Å². The van der Waals surface area contributed by atoms with Gasteiger partial charge in [-0.2, -0.15) is 0 Å². The molecular formula is C48H85I2N3O5. The van der Waals surface area contributed by atoms with E-state index in [2.05, 4.69) is 13.8 Å². The molecule has 0 fully saturated rings. The summed E-state index contributed by atoms with van der Waals surface area (Å²) in [6, 6.07) is 0. The van der Waals surface area contributed by atoms with E-state index >= 15 is 0 Å². The molecule has 1 amide bonds. The molecular weight excluding hydrogens is 952 g/mol. The minimum absolute atomic E-state index is 0. The Morgan fingerprint density at radius 3 is 1.45 bits per heavy atom. The minimum Gasteiger partial charge on any atom is -0.465 e. The van der Waals surface area contributed by atoms with Crippen LogP contribution in [0.4, 0.5) is 0 Å². The van der Waals surface area contributed by atoms with E-state index in [1.807, 2.05) is 37.1 Å². The molecule has 2 heterocycles. The monoisotopic (exact) mass is 1040 g/mol. The maximum atomic E-state index is 13.8. The molecule has 2 unspecified atom stereocenters. The van der Waals surface area contributed by atoms with Crippen molar-refractivity contribution in [2.45, 2.75) is 207 Å². The van der Waals surface area contributed by atoms with Crippen LogP contribution in [0, 0.1) is 11.8 Å². The summed E-state index contributed by atoms with van der Waals surface area (Å²) in [4.78, 5) is 45.9. The standard InChI is InChI=1S/C48H83N3O5.2HI/c1-5-7-9-11-13-15-17-19-21-23-25-27-29-31-36-55-47(53)44-40(3)50-41(4)45(46(44)42-34-33-35-51(38-42)39-43(49)52)48(54)56-37-32-30-28-26-24-22-20-18-16-14-12-10-8-6-2;;/h33-35,44,46H,5-32,36-39H2,1-4H3,(H2,49,52);2*1H. The summed E-state index contributed by atoms with van der Waals surface area (Å²) in [6.07, 6.45) is 41.0. The Balaban J connectivity index is 0.0000162. The molecule has 0 aromatic carbocycles. The summed E-state index contributed by atoms with van der Waals surface area (Å²) in [7, 11) is 0. The number of nitrogens with zero attached hydrogens (tertiary/aromatic N) is 2. The van der Waals surface area contributed by atoms with Crippen molar-refractivity contribution in [1.82, 2.24) is 4.90 Å². The van der Waals surface area contributed by atoms with Gasteiger partial charge in [0.25, 0.3) is 0 Å². The fourth-order valence-corrected chi connectivity index (χ4v) is 8.25. The Morgan fingerprint density at radius 2 is 1.03 bits per heavy atom. The third-order valence-corrected chi connectivity index (χ3v) is 11.5. The largest absolute Gasteiger partial charge is 0.465 e. The van der Waals surface area contributed by atoms with Gasteiger partial charge in [0.2, 0.25) is 5.91 Å². The van der Waals surface area contributed by atoms with Crippen LogP contribution in [0.1, 0.15) is 207 Å². The average molecular weight is 1040 g/mol. The Kier molecular flexibility index (Phi) is 36.4. The first-order valence-electron chi connectivity index (χ1n) is 23.3. The van der Waals surface area contributed by atoms with Gasteiger partial charge in [-0.15, -0.1) is 48.0 Å². The van der Waals surface area contributed by atoms with Gasteiger partial charge in [0.15, 0.2) is 0 Å². The second-order valence-electron chi connectivity index (χ2n) is 16.7. The van der Waals surface area contributed by atoms with Gasteiger partial charge >= 0.3 is 11.9 Å². The first-order valence-corrected chi connectivity index (χ1v) is 23.3. The molecule has 0 saturated heterocycles. The predicted molar refractivity (Wildman–Crippen MR) is 264 cm³/mol. The molecule has 2 aliphatic heterocycles. The van der Waals surface area contributed by atoms with E-state index in [9.17, 15) is 14.4 Å². The molecule has 0 aromatic heterocycles.